The summed E-state index contributed by atoms with van der Waals surface area (Å²) in [7, 11) is 0. The van der Waals surface area contributed by atoms with E-state index in [1.165, 1.54) is 12.1 Å². The predicted molar refractivity (Wildman–Crippen MR) is 105 cm³/mol. The molecule has 3 heterocycles. The fourth-order valence-corrected chi connectivity index (χ4v) is 4.26. The molecule has 0 amide bonds. The number of nitrogens with zero attached hydrogens (tertiary/aromatic N) is 3. The molecule has 0 aliphatic rings. The number of thiazole rings is 1. The number of rotatable bonds is 4. The lowest BCUT2D eigenvalue weighted by Crippen LogP contribution is -1.93. The number of pyridine rings is 1. The van der Waals surface area contributed by atoms with Gasteiger partial charge in [-0.3, -0.25) is 0 Å². The minimum absolute atomic E-state index is 0.334. The summed E-state index contributed by atoms with van der Waals surface area (Å²) in [6, 6.07) is 5.54. The van der Waals surface area contributed by atoms with Gasteiger partial charge in [-0.05, 0) is 31.0 Å². The van der Waals surface area contributed by atoms with Gasteiger partial charge in [0.25, 0.3) is 0 Å². The fraction of sp³-hybridized carbons (Fsp3) is 0.238. The summed E-state index contributed by atoms with van der Waals surface area (Å²) in [5.41, 5.74) is 3.39. The van der Waals surface area contributed by atoms with Crippen LogP contribution in [0.3, 0.4) is 0 Å². The molecule has 0 aliphatic carbocycles. The van der Waals surface area contributed by atoms with Crippen molar-refractivity contribution in [2.45, 2.75) is 27.2 Å². The van der Waals surface area contributed by atoms with Crippen LogP contribution in [0.4, 0.5) is 8.78 Å². The Morgan fingerprint density at radius 2 is 1.93 bits per heavy atom. The van der Waals surface area contributed by atoms with Gasteiger partial charge in [-0.1, -0.05) is 13.8 Å². The zero-order valence-corrected chi connectivity index (χ0v) is 16.1. The molecule has 1 aromatic carbocycles. The Morgan fingerprint density at radius 1 is 1.11 bits per heavy atom. The number of benzene rings is 1. The van der Waals surface area contributed by atoms with Gasteiger partial charge in [0.05, 0.1) is 15.6 Å². The number of fused-ring (bicyclic) bond motifs is 1. The van der Waals surface area contributed by atoms with Gasteiger partial charge in [0, 0.05) is 47.8 Å². The van der Waals surface area contributed by atoms with E-state index in [-0.39, 0.29) is 0 Å². The van der Waals surface area contributed by atoms with E-state index in [9.17, 15) is 8.78 Å². The van der Waals surface area contributed by atoms with E-state index >= 15 is 0 Å². The van der Waals surface area contributed by atoms with E-state index < -0.39 is 11.6 Å². The first-order valence-electron chi connectivity index (χ1n) is 8.80. The van der Waals surface area contributed by atoms with Gasteiger partial charge < -0.3 is 4.40 Å². The van der Waals surface area contributed by atoms with E-state index in [0.717, 1.165) is 33.6 Å². The van der Waals surface area contributed by atoms with Crippen LogP contribution >= 0.6 is 11.3 Å². The van der Waals surface area contributed by atoms with Crippen LogP contribution < -0.4 is 0 Å². The zero-order valence-electron chi connectivity index (χ0n) is 15.3. The molecular formula is C21H19F2N3S. The number of hydrogen-bond acceptors (Lipinski definition) is 3. The van der Waals surface area contributed by atoms with Crippen LogP contribution in [0.2, 0.25) is 0 Å². The van der Waals surface area contributed by atoms with E-state index in [1.54, 1.807) is 11.3 Å². The van der Waals surface area contributed by atoms with Gasteiger partial charge >= 0.3 is 0 Å². The van der Waals surface area contributed by atoms with Crippen LogP contribution in [0.5, 0.6) is 0 Å². The van der Waals surface area contributed by atoms with Gasteiger partial charge in [-0.15, -0.1) is 11.3 Å². The first-order chi connectivity index (χ1) is 12.9. The summed E-state index contributed by atoms with van der Waals surface area (Å²) in [5, 5.41) is 1.08. The standard InChI is InChI=1S/C21H19F2N3S/c1-12(2)6-20-24-9-19(27-20)14-7-17(16-5-4-15(22)8-18(16)23)21-25-13(3)10-26(21)11-14/h4-5,7-12H,6H2,1-3H3. The Balaban J connectivity index is 1.89. The molecule has 0 atom stereocenters. The van der Waals surface area contributed by atoms with E-state index in [4.69, 9.17) is 0 Å². The van der Waals surface area contributed by atoms with Crippen molar-refractivity contribution in [3.63, 3.8) is 0 Å². The molecule has 4 aromatic rings. The smallest absolute Gasteiger partial charge is 0.145 e. The summed E-state index contributed by atoms with van der Waals surface area (Å²) in [6.07, 6.45) is 6.67. The molecule has 0 N–H and O–H groups in total. The van der Waals surface area contributed by atoms with Gasteiger partial charge in [-0.2, -0.15) is 0 Å². The molecule has 0 saturated heterocycles. The van der Waals surface area contributed by atoms with Gasteiger partial charge in [0.15, 0.2) is 0 Å². The van der Waals surface area contributed by atoms with Crippen molar-refractivity contribution < 1.29 is 8.78 Å². The van der Waals surface area contributed by atoms with E-state index in [2.05, 4.69) is 23.8 Å². The van der Waals surface area contributed by atoms with Crippen molar-refractivity contribution in [3.8, 4) is 21.6 Å². The predicted octanol–water partition coefficient (Wildman–Crippen LogP) is 5.91. The number of aromatic nitrogens is 3. The van der Waals surface area contributed by atoms with Crippen LogP contribution in [0.1, 0.15) is 24.5 Å². The first kappa shape index (κ1) is 17.8. The quantitative estimate of drug-likeness (QED) is 0.438. The summed E-state index contributed by atoms with van der Waals surface area (Å²) < 4.78 is 29.7. The topological polar surface area (TPSA) is 30.2 Å². The Kier molecular flexibility index (Phi) is 4.52. The molecule has 3 nitrogen and oxygen atoms in total. The van der Waals surface area contributed by atoms with Crippen molar-refractivity contribution in [3.05, 3.63) is 65.2 Å². The Bertz CT molecular complexity index is 1130. The molecule has 3 aromatic heterocycles. The Morgan fingerprint density at radius 3 is 2.67 bits per heavy atom. The highest BCUT2D eigenvalue weighted by molar-refractivity contribution is 7.15. The molecule has 0 fully saturated rings. The molecule has 6 heteroatoms. The second-order valence-electron chi connectivity index (χ2n) is 7.10. The third-order valence-electron chi connectivity index (χ3n) is 4.31. The monoisotopic (exact) mass is 383 g/mol. The van der Waals surface area contributed by atoms with Crippen molar-refractivity contribution in [1.82, 2.24) is 14.4 Å². The highest BCUT2D eigenvalue weighted by Crippen LogP contribution is 2.34. The van der Waals surface area contributed by atoms with Crippen molar-refractivity contribution in [2.24, 2.45) is 5.92 Å². The maximum absolute atomic E-state index is 14.5. The molecule has 0 unspecified atom stereocenters. The SMILES string of the molecule is Cc1cn2cc(-c3cnc(CC(C)C)s3)cc(-c3ccc(F)cc3F)c2n1. The Hall–Kier alpha value is -2.60. The van der Waals surface area contributed by atoms with Gasteiger partial charge in [0.1, 0.15) is 17.3 Å². The van der Waals surface area contributed by atoms with Crippen LogP contribution in [-0.2, 0) is 6.42 Å². The minimum Gasteiger partial charge on any atom is -0.306 e. The Labute approximate surface area is 160 Å². The molecule has 27 heavy (non-hydrogen) atoms. The second kappa shape index (κ2) is 6.85. The average molecular weight is 383 g/mol. The first-order valence-corrected chi connectivity index (χ1v) is 9.62. The molecule has 138 valence electrons. The third-order valence-corrected chi connectivity index (χ3v) is 5.38. The molecule has 4 rings (SSSR count). The maximum Gasteiger partial charge on any atom is 0.145 e. The highest BCUT2D eigenvalue weighted by Gasteiger charge is 2.16. The van der Waals surface area contributed by atoms with E-state index in [1.807, 2.05) is 36.0 Å². The molecule has 0 bridgehead atoms. The van der Waals surface area contributed by atoms with E-state index in [0.29, 0.717) is 22.7 Å². The van der Waals surface area contributed by atoms with Gasteiger partial charge in [-0.25, -0.2) is 18.7 Å². The number of imidazole rings is 1. The summed E-state index contributed by atoms with van der Waals surface area (Å²) >= 11 is 1.64. The number of aryl methyl sites for hydroxylation is 1. The second-order valence-corrected chi connectivity index (χ2v) is 8.21. The van der Waals surface area contributed by atoms with Gasteiger partial charge in [0.2, 0.25) is 0 Å². The molecule has 0 spiro atoms. The van der Waals surface area contributed by atoms with Crippen LogP contribution in [0.15, 0.2) is 42.9 Å². The molecule has 0 radical (unpaired) electrons. The van der Waals surface area contributed by atoms with Crippen LogP contribution in [0, 0.1) is 24.5 Å². The van der Waals surface area contributed by atoms with Crippen molar-refractivity contribution in [1.29, 1.82) is 0 Å². The number of hydrogen-bond donors (Lipinski definition) is 0. The summed E-state index contributed by atoms with van der Waals surface area (Å²) in [5.74, 6) is -0.658. The maximum atomic E-state index is 14.5. The number of halogens is 2. The fourth-order valence-electron chi connectivity index (χ4n) is 3.15. The van der Waals surface area contributed by atoms with Crippen molar-refractivity contribution in [2.75, 3.05) is 0 Å². The average Bonchev–Trinajstić information content (AvgIpc) is 3.19. The lowest BCUT2D eigenvalue weighted by atomic mass is 10.0. The molecule has 0 saturated carbocycles. The molecular weight excluding hydrogens is 364 g/mol. The lowest BCUT2D eigenvalue weighted by Gasteiger charge is -2.09. The normalized spacial score (nSPS) is 11.6. The summed E-state index contributed by atoms with van der Waals surface area (Å²) in [6.45, 7) is 6.22. The van der Waals surface area contributed by atoms with Crippen LogP contribution in [0.25, 0.3) is 27.2 Å². The summed E-state index contributed by atoms with van der Waals surface area (Å²) in [4.78, 5) is 10.1. The lowest BCUT2D eigenvalue weighted by molar-refractivity contribution is 0.585. The third kappa shape index (κ3) is 3.49. The zero-order chi connectivity index (χ0) is 19.1. The highest BCUT2D eigenvalue weighted by atomic mass is 32.1. The largest absolute Gasteiger partial charge is 0.306 e. The van der Waals surface area contributed by atoms with Crippen LogP contribution in [-0.4, -0.2) is 14.4 Å². The minimum atomic E-state index is -0.598. The van der Waals surface area contributed by atoms with Crippen molar-refractivity contribution >= 4 is 17.0 Å². The molecule has 0 aliphatic heterocycles.